The van der Waals surface area contributed by atoms with E-state index in [1.807, 2.05) is 30.3 Å². The van der Waals surface area contributed by atoms with Crippen LogP contribution in [-0.4, -0.2) is 23.9 Å². The Morgan fingerprint density at radius 3 is 2.79 bits per heavy atom. The third-order valence-corrected chi connectivity index (χ3v) is 3.87. The minimum Gasteiger partial charge on any atom is -0.369 e. The molecular formula is C16H25N3. The van der Waals surface area contributed by atoms with E-state index in [1.54, 1.807) is 0 Å². The van der Waals surface area contributed by atoms with Crippen LogP contribution in [0.5, 0.6) is 0 Å². The van der Waals surface area contributed by atoms with Gasteiger partial charge in [-0.3, -0.25) is 0 Å². The highest BCUT2D eigenvalue weighted by atomic mass is 15.2. The minimum absolute atomic E-state index is 0.670. The molecule has 0 saturated carbocycles. The van der Waals surface area contributed by atoms with E-state index in [2.05, 4.69) is 16.8 Å². The maximum atomic E-state index is 6.15. The average Bonchev–Trinajstić information content (AvgIpc) is 2.66. The van der Waals surface area contributed by atoms with E-state index in [1.165, 1.54) is 32.1 Å². The van der Waals surface area contributed by atoms with Gasteiger partial charge in [0.15, 0.2) is 5.96 Å². The second kappa shape index (κ2) is 7.17. The molecule has 1 aromatic rings. The summed E-state index contributed by atoms with van der Waals surface area (Å²) < 4.78 is 0. The van der Waals surface area contributed by atoms with Crippen molar-refractivity contribution in [3.8, 4) is 0 Å². The zero-order valence-corrected chi connectivity index (χ0v) is 11.9. The fourth-order valence-electron chi connectivity index (χ4n) is 2.80. The van der Waals surface area contributed by atoms with Gasteiger partial charge in [-0.25, -0.2) is 4.99 Å². The van der Waals surface area contributed by atoms with Gasteiger partial charge in [0, 0.05) is 13.1 Å². The summed E-state index contributed by atoms with van der Waals surface area (Å²) in [7, 11) is 0. The molecule has 2 rings (SSSR count). The number of aliphatic imine (C=N–C) groups is 1. The lowest BCUT2D eigenvalue weighted by Crippen LogP contribution is -2.37. The summed E-state index contributed by atoms with van der Waals surface area (Å²) in [4.78, 5) is 6.75. The Kier molecular flexibility index (Phi) is 5.25. The molecular weight excluding hydrogens is 234 g/mol. The molecule has 1 saturated heterocycles. The second-order valence-electron chi connectivity index (χ2n) is 5.38. The van der Waals surface area contributed by atoms with Crippen LogP contribution in [0.4, 0.5) is 5.69 Å². The van der Waals surface area contributed by atoms with E-state index >= 15 is 0 Å². The zero-order chi connectivity index (χ0) is 13.5. The van der Waals surface area contributed by atoms with Gasteiger partial charge in [0.25, 0.3) is 0 Å². The number of nitrogens with two attached hydrogens (primary N) is 1. The maximum absolute atomic E-state index is 6.15. The number of rotatable bonds is 3. The predicted molar refractivity (Wildman–Crippen MR) is 81.5 cm³/mol. The second-order valence-corrected chi connectivity index (χ2v) is 5.38. The molecule has 1 unspecified atom stereocenters. The first-order valence-corrected chi connectivity index (χ1v) is 7.43. The Balaban J connectivity index is 1.96. The first-order chi connectivity index (χ1) is 9.29. The summed E-state index contributed by atoms with van der Waals surface area (Å²) in [5.74, 6) is 1.54. The van der Waals surface area contributed by atoms with Crippen LogP contribution in [0.3, 0.4) is 0 Å². The van der Waals surface area contributed by atoms with Crippen molar-refractivity contribution in [3.63, 3.8) is 0 Å². The van der Waals surface area contributed by atoms with Gasteiger partial charge in [0.1, 0.15) is 0 Å². The smallest absolute Gasteiger partial charge is 0.196 e. The Morgan fingerprint density at radius 1 is 1.26 bits per heavy atom. The van der Waals surface area contributed by atoms with E-state index in [9.17, 15) is 0 Å². The largest absolute Gasteiger partial charge is 0.369 e. The molecule has 1 aliphatic rings. The van der Waals surface area contributed by atoms with Crippen molar-refractivity contribution >= 4 is 11.6 Å². The molecule has 2 N–H and O–H groups in total. The molecule has 0 aromatic heterocycles. The van der Waals surface area contributed by atoms with Gasteiger partial charge >= 0.3 is 0 Å². The molecule has 1 aliphatic heterocycles. The average molecular weight is 259 g/mol. The Hall–Kier alpha value is -1.51. The molecule has 0 radical (unpaired) electrons. The highest BCUT2D eigenvalue weighted by Gasteiger charge is 2.17. The summed E-state index contributed by atoms with van der Waals surface area (Å²) in [5, 5.41) is 0. The molecule has 1 aromatic carbocycles. The van der Waals surface area contributed by atoms with E-state index < -0.39 is 0 Å². The zero-order valence-electron chi connectivity index (χ0n) is 11.9. The number of guanidine groups is 1. The van der Waals surface area contributed by atoms with Gasteiger partial charge in [-0.05, 0) is 37.3 Å². The van der Waals surface area contributed by atoms with Gasteiger partial charge in [0.05, 0.1) is 5.69 Å². The Bertz CT molecular complexity index is 400. The Morgan fingerprint density at radius 2 is 2.05 bits per heavy atom. The number of likely N-dealkylation sites (tertiary alicyclic amines) is 1. The standard InChI is InChI=1S/C16H25N3/c1-2-7-14-8-6-12-19(13-11-14)16(17)18-15-9-4-3-5-10-15/h3-5,9-10,14H,2,6-8,11-13H2,1H3,(H2,17,18). The summed E-state index contributed by atoms with van der Waals surface area (Å²) in [6, 6.07) is 9.96. The van der Waals surface area contributed by atoms with Crippen LogP contribution in [0.2, 0.25) is 0 Å². The number of hydrogen-bond donors (Lipinski definition) is 1. The van der Waals surface area contributed by atoms with Crippen LogP contribution in [-0.2, 0) is 0 Å². The molecule has 0 spiro atoms. The van der Waals surface area contributed by atoms with Crippen molar-refractivity contribution in [2.75, 3.05) is 13.1 Å². The van der Waals surface area contributed by atoms with Crippen LogP contribution < -0.4 is 5.73 Å². The van der Waals surface area contributed by atoms with E-state index in [0.29, 0.717) is 5.96 Å². The monoisotopic (exact) mass is 259 g/mol. The first kappa shape index (κ1) is 13.9. The van der Waals surface area contributed by atoms with Crippen LogP contribution in [0, 0.1) is 5.92 Å². The van der Waals surface area contributed by atoms with Crippen LogP contribution >= 0.6 is 0 Å². The SMILES string of the molecule is CCCC1CCCN(C(N)=Nc2ccccc2)CC1. The van der Waals surface area contributed by atoms with Crippen molar-refractivity contribution in [1.82, 2.24) is 4.90 Å². The maximum Gasteiger partial charge on any atom is 0.196 e. The molecule has 1 heterocycles. The van der Waals surface area contributed by atoms with E-state index in [4.69, 9.17) is 5.73 Å². The number of nitrogens with zero attached hydrogens (tertiary/aromatic N) is 2. The van der Waals surface area contributed by atoms with Crippen molar-refractivity contribution in [2.24, 2.45) is 16.6 Å². The summed E-state index contributed by atoms with van der Waals surface area (Å²) in [6.45, 7) is 4.36. The normalized spacial score (nSPS) is 21.2. The molecule has 3 nitrogen and oxygen atoms in total. The van der Waals surface area contributed by atoms with Gasteiger partial charge in [-0.2, -0.15) is 0 Å². The lowest BCUT2D eigenvalue weighted by molar-refractivity contribution is 0.400. The fourth-order valence-corrected chi connectivity index (χ4v) is 2.80. The molecule has 1 fully saturated rings. The van der Waals surface area contributed by atoms with Crippen LogP contribution in [0.15, 0.2) is 35.3 Å². The van der Waals surface area contributed by atoms with Crippen LogP contribution in [0.25, 0.3) is 0 Å². The van der Waals surface area contributed by atoms with Crippen LogP contribution in [0.1, 0.15) is 39.0 Å². The van der Waals surface area contributed by atoms with Crippen molar-refractivity contribution < 1.29 is 0 Å². The number of para-hydroxylation sites is 1. The van der Waals surface area contributed by atoms with Crippen molar-refractivity contribution in [3.05, 3.63) is 30.3 Å². The van der Waals surface area contributed by atoms with E-state index in [-0.39, 0.29) is 0 Å². The van der Waals surface area contributed by atoms with Gasteiger partial charge in [-0.15, -0.1) is 0 Å². The summed E-state index contributed by atoms with van der Waals surface area (Å²) in [5.41, 5.74) is 7.08. The van der Waals surface area contributed by atoms with Gasteiger partial charge in [-0.1, -0.05) is 38.0 Å². The fraction of sp³-hybridized carbons (Fsp3) is 0.562. The summed E-state index contributed by atoms with van der Waals surface area (Å²) in [6.07, 6.45) is 6.46. The molecule has 1 atom stereocenters. The molecule has 3 heteroatoms. The highest BCUT2D eigenvalue weighted by Crippen LogP contribution is 2.22. The van der Waals surface area contributed by atoms with Gasteiger partial charge in [0.2, 0.25) is 0 Å². The molecule has 19 heavy (non-hydrogen) atoms. The molecule has 0 bridgehead atoms. The molecule has 0 aliphatic carbocycles. The Labute approximate surface area is 116 Å². The minimum atomic E-state index is 0.670. The highest BCUT2D eigenvalue weighted by molar-refractivity contribution is 5.81. The number of hydrogen-bond acceptors (Lipinski definition) is 1. The third-order valence-electron chi connectivity index (χ3n) is 3.87. The van der Waals surface area contributed by atoms with Crippen molar-refractivity contribution in [1.29, 1.82) is 0 Å². The summed E-state index contributed by atoms with van der Waals surface area (Å²) >= 11 is 0. The predicted octanol–water partition coefficient (Wildman–Crippen LogP) is 3.54. The lowest BCUT2D eigenvalue weighted by Gasteiger charge is -2.21. The number of benzene rings is 1. The molecule has 104 valence electrons. The lowest BCUT2D eigenvalue weighted by atomic mass is 9.96. The molecule has 0 amide bonds. The first-order valence-electron chi connectivity index (χ1n) is 7.43. The van der Waals surface area contributed by atoms with E-state index in [0.717, 1.165) is 24.7 Å². The van der Waals surface area contributed by atoms with Crippen molar-refractivity contribution in [2.45, 2.75) is 39.0 Å². The third kappa shape index (κ3) is 4.27. The quantitative estimate of drug-likeness (QED) is 0.666. The topological polar surface area (TPSA) is 41.6 Å². The van der Waals surface area contributed by atoms with Gasteiger partial charge < -0.3 is 10.6 Å².